The summed E-state index contributed by atoms with van der Waals surface area (Å²) in [7, 11) is 0. The second kappa shape index (κ2) is 6.17. The molecule has 0 saturated carbocycles. The summed E-state index contributed by atoms with van der Waals surface area (Å²) >= 11 is 6.29. The Labute approximate surface area is 162 Å². The fourth-order valence-electron chi connectivity index (χ4n) is 3.11. The molecule has 9 nitrogen and oxygen atoms in total. The van der Waals surface area contributed by atoms with Crippen LogP contribution in [0.5, 0.6) is 0 Å². The van der Waals surface area contributed by atoms with Gasteiger partial charge in [0, 0.05) is 12.4 Å². The Morgan fingerprint density at radius 1 is 1.25 bits per heavy atom. The molecule has 0 radical (unpaired) electrons. The number of imidazole rings is 1. The second-order valence-electron chi connectivity index (χ2n) is 6.07. The maximum absolute atomic E-state index is 13.2. The number of halogens is 1. The van der Waals surface area contributed by atoms with E-state index in [4.69, 9.17) is 21.8 Å². The SMILES string of the molecule is Nc1nc(Cl)c2c(n1)N(Cc1nc3ccccc3o1)C(=O)/C2=C\c1ncc[nH]1. The summed E-state index contributed by atoms with van der Waals surface area (Å²) in [6, 6.07) is 7.36. The van der Waals surface area contributed by atoms with Crippen LogP contribution >= 0.6 is 11.6 Å². The van der Waals surface area contributed by atoms with Crippen molar-refractivity contribution in [2.24, 2.45) is 0 Å². The van der Waals surface area contributed by atoms with E-state index >= 15 is 0 Å². The van der Waals surface area contributed by atoms with Gasteiger partial charge < -0.3 is 15.1 Å². The quantitative estimate of drug-likeness (QED) is 0.404. The van der Waals surface area contributed by atoms with Gasteiger partial charge in [-0.15, -0.1) is 0 Å². The molecule has 5 rings (SSSR count). The number of aromatic nitrogens is 5. The molecule has 28 heavy (non-hydrogen) atoms. The number of carbonyl (C=O) groups excluding carboxylic acids is 1. The van der Waals surface area contributed by atoms with Crippen molar-refractivity contribution in [1.82, 2.24) is 24.9 Å². The number of carbonyl (C=O) groups is 1. The van der Waals surface area contributed by atoms with Gasteiger partial charge in [-0.2, -0.15) is 4.98 Å². The first-order valence-corrected chi connectivity index (χ1v) is 8.69. The Balaban J connectivity index is 1.61. The molecule has 0 spiro atoms. The lowest BCUT2D eigenvalue weighted by Crippen LogP contribution is -2.26. The number of nitrogen functional groups attached to an aromatic ring is 1. The van der Waals surface area contributed by atoms with Gasteiger partial charge in [-0.1, -0.05) is 23.7 Å². The van der Waals surface area contributed by atoms with Gasteiger partial charge in [0.15, 0.2) is 11.4 Å². The number of nitrogens with zero attached hydrogens (tertiary/aromatic N) is 5. The third-order valence-corrected chi connectivity index (χ3v) is 4.57. The normalized spacial score (nSPS) is 15.0. The van der Waals surface area contributed by atoms with Crippen LogP contribution in [0.15, 0.2) is 41.1 Å². The summed E-state index contributed by atoms with van der Waals surface area (Å²) in [5.74, 6) is 0.829. The van der Waals surface area contributed by atoms with Crippen LogP contribution in [0.4, 0.5) is 11.8 Å². The molecule has 0 atom stereocenters. The van der Waals surface area contributed by atoms with Crippen LogP contribution < -0.4 is 10.6 Å². The number of benzene rings is 1. The average molecular weight is 394 g/mol. The van der Waals surface area contributed by atoms with Gasteiger partial charge in [0.25, 0.3) is 5.91 Å². The number of amides is 1. The number of rotatable bonds is 3. The Hall–Kier alpha value is -3.72. The van der Waals surface area contributed by atoms with E-state index in [9.17, 15) is 4.79 Å². The van der Waals surface area contributed by atoms with E-state index in [1.165, 1.54) is 4.90 Å². The van der Waals surface area contributed by atoms with E-state index in [0.29, 0.717) is 39.8 Å². The molecule has 0 bridgehead atoms. The number of oxazole rings is 1. The van der Waals surface area contributed by atoms with Gasteiger partial charge >= 0.3 is 0 Å². The average Bonchev–Trinajstić information content (AvgIpc) is 3.37. The monoisotopic (exact) mass is 393 g/mol. The van der Waals surface area contributed by atoms with E-state index < -0.39 is 0 Å². The summed E-state index contributed by atoms with van der Waals surface area (Å²) < 4.78 is 5.74. The predicted octanol–water partition coefficient (Wildman–Crippen LogP) is 2.66. The number of hydrogen-bond acceptors (Lipinski definition) is 7. The van der Waals surface area contributed by atoms with Crippen LogP contribution in [-0.2, 0) is 11.3 Å². The summed E-state index contributed by atoms with van der Waals surface area (Å²) in [5, 5.41) is 0.0914. The molecule has 0 saturated heterocycles. The molecule has 4 heterocycles. The number of hydrogen-bond donors (Lipinski definition) is 2. The Morgan fingerprint density at radius 2 is 2.11 bits per heavy atom. The van der Waals surface area contributed by atoms with Gasteiger partial charge in [-0.3, -0.25) is 9.69 Å². The number of aromatic amines is 1. The van der Waals surface area contributed by atoms with Gasteiger partial charge in [0.1, 0.15) is 23.0 Å². The maximum Gasteiger partial charge on any atom is 0.260 e. The first-order chi connectivity index (χ1) is 13.6. The summed E-state index contributed by atoms with van der Waals surface area (Å²) in [6.45, 7) is 0.0722. The summed E-state index contributed by atoms with van der Waals surface area (Å²) in [5.41, 5.74) is 7.80. The fraction of sp³-hybridized carbons (Fsp3) is 0.0556. The lowest BCUT2D eigenvalue weighted by atomic mass is 10.1. The molecule has 10 heteroatoms. The van der Waals surface area contributed by atoms with E-state index in [0.717, 1.165) is 0 Å². The fourth-order valence-corrected chi connectivity index (χ4v) is 3.38. The minimum absolute atomic E-state index is 0.0293. The molecule has 3 aromatic heterocycles. The minimum Gasteiger partial charge on any atom is -0.439 e. The van der Waals surface area contributed by atoms with Crippen molar-refractivity contribution in [2.45, 2.75) is 6.54 Å². The van der Waals surface area contributed by atoms with Crippen molar-refractivity contribution in [3.05, 3.63) is 59.1 Å². The van der Waals surface area contributed by atoms with Crippen molar-refractivity contribution in [2.75, 3.05) is 10.6 Å². The largest absolute Gasteiger partial charge is 0.439 e. The van der Waals surface area contributed by atoms with Gasteiger partial charge in [0.05, 0.1) is 11.1 Å². The number of anilines is 2. The highest BCUT2D eigenvalue weighted by Gasteiger charge is 2.37. The molecule has 0 unspecified atom stereocenters. The zero-order valence-electron chi connectivity index (χ0n) is 14.3. The highest BCUT2D eigenvalue weighted by atomic mass is 35.5. The lowest BCUT2D eigenvalue weighted by molar-refractivity contribution is -0.113. The predicted molar refractivity (Wildman–Crippen MR) is 103 cm³/mol. The van der Waals surface area contributed by atoms with Crippen LogP contribution in [0.2, 0.25) is 5.15 Å². The van der Waals surface area contributed by atoms with E-state index in [1.807, 2.05) is 24.3 Å². The molecule has 1 aliphatic rings. The van der Waals surface area contributed by atoms with Crippen molar-refractivity contribution in [1.29, 1.82) is 0 Å². The molecule has 1 aliphatic heterocycles. The molecular formula is C18H12ClN7O2. The van der Waals surface area contributed by atoms with Crippen molar-refractivity contribution in [3.8, 4) is 0 Å². The molecule has 4 aromatic rings. The Kier molecular flexibility index (Phi) is 3.63. The summed E-state index contributed by atoms with van der Waals surface area (Å²) in [4.78, 5) is 34.3. The van der Waals surface area contributed by atoms with E-state index in [-0.39, 0.29) is 23.6 Å². The van der Waals surface area contributed by atoms with Crippen LogP contribution in [0.25, 0.3) is 22.7 Å². The third-order valence-electron chi connectivity index (χ3n) is 4.30. The van der Waals surface area contributed by atoms with Crippen LogP contribution in [-0.4, -0.2) is 30.8 Å². The topological polar surface area (TPSA) is 127 Å². The van der Waals surface area contributed by atoms with Crippen LogP contribution in [0.1, 0.15) is 17.3 Å². The Morgan fingerprint density at radius 3 is 2.89 bits per heavy atom. The van der Waals surface area contributed by atoms with Crippen LogP contribution in [0.3, 0.4) is 0 Å². The molecule has 138 valence electrons. The minimum atomic E-state index is -0.324. The highest BCUT2D eigenvalue weighted by molar-refractivity contribution is 6.41. The first kappa shape index (κ1) is 16.5. The zero-order chi connectivity index (χ0) is 19.3. The molecule has 0 aliphatic carbocycles. The number of H-pyrrole nitrogens is 1. The van der Waals surface area contributed by atoms with Crippen molar-refractivity contribution in [3.63, 3.8) is 0 Å². The molecule has 1 amide bonds. The van der Waals surface area contributed by atoms with Crippen molar-refractivity contribution >= 4 is 52.0 Å². The van der Waals surface area contributed by atoms with Crippen molar-refractivity contribution < 1.29 is 9.21 Å². The first-order valence-electron chi connectivity index (χ1n) is 8.31. The van der Waals surface area contributed by atoms with Gasteiger partial charge in [-0.05, 0) is 18.2 Å². The van der Waals surface area contributed by atoms with Crippen LogP contribution in [0, 0.1) is 0 Å². The number of para-hydroxylation sites is 2. The molecule has 3 N–H and O–H groups in total. The lowest BCUT2D eigenvalue weighted by Gasteiger charge is -2.13. The Bertz CT molecular complexity index is 1210. The smallest absolute Gasteiger partial charge is 0.260 e. The van der Waals surface area contributed by atoms with E-state index in [1.54, 1.807) is 18.5 Å². The molecule has 1 aromatic carbocycles. The van der Waals surface area contributed by atoms with E-state index in [2.05, 4.69) is 24.9 Å². The highest BCUT2D eigenvalue weighted by Crippen LogP contribution is 2.41. The van der Waals surface area contributed by atoms with Gasteiger partial charge in [-0.25, -0.2) is 15.0 Å². The molecular weight excluding hydrogens is 382 g/mol. The molecule has 0 fully saturated rings. The number of nitrogens with two attached hydrogens (primary N) is 1. The third kappa shape index (κ3) is 2.60. The van der Waals surface area contributed by atoms with Gasteiger partial charge in [0.2, 0.25) is 11.8 Å². The maximum atomic E-state index is 13.2. The zero-order valence-corrected chi connectivity index (χ0v) is 15.0. The standard InChI is InChI=1S/C18H12ClN7O2/c19-15-14-9(7-12-21-5-6-22-12)17(27)26(16(14)25-18(20)24-15)8-13-23-10-3-1-2-4-11(10)28-13/h1-7H,8H2,(H,21,22)(H2,20,24,25)/b9-7-. The summed E-state index contributed by atoms with van der Waals surface area (Å²) in [6.07, 6.45) is 4.84. The second-order valence-corrected chi connectivity index (χ2v) is 6.43. The number of fused-ring (bicyclic) bond motifs is 2. The number of nitrogens with one attached hydrogen (secondary N) is 1.